The molecule has 1 N–H and O–H groups in total. The Morgan fingerprint density at radius 3 is 2.26 bits per heavy atom. The summed E-state index contributed by atoms with van der Waals surface area (Å²) in [6.07, 6.45) is 0. The summed E-state index contributed by atoms with van der Waals surface area (Å²) < 4.78 is 32.7. The molecule has 27 heavy (non-hydrogen) atoms. The Bertz CT molecular complexity index is 890. The Balaban J connectivity index is 2.36. The zero-order valence-corrected chi connectivity index (χ0v) is 16.4. The van der Waals surface area contributed by atoms with E-state index >= 15 is 0 Å². The van der Waals surface area contributed by atoms with Crippen LogP contribution in [0.25, 0.3) is 0 Å². The predicted octanol–water partition coefficient (Wildman–Crippen LogP) is 2.79. The first-order valence-electron chi connectivity index (χ1n) is 8.45. The predicted molar refractivity (Wildman–Crippen MR) is 106 cm³/mol. The Morgan fingerprint density at radius 2 is 1.70 bits per heavy atom. The summed E-state index contributed by atoms with van der Waals surface area (Å²) in [4.78, 5) is 12.3. The molecule has 0 bridgehead atoms. The summed E-state index contributed by atoms with van der Waals surface area (Å²) in [7, 11) is -3.95. The van der Waals surface area contributed by atoms with E-state index in [2.05, 4.69) is 10.5 Å². The van der Waals surface area contributed by atoms with Crippen molar-refractivity contribution in [1.29, 1.82) is 0 Å². The molecule has 2 aromatic carbocycles. The first-order chi connectivity index (χ1) is 12.8. The number of benzene rings is 2. The lowest BCUT2D eigenvalue weighted by Crippen LogP contribution is -2.39. The van der Waals surface area contributed by atoms with Crippen LogP contribution in [0, 0.1) is 0 Å². The Morgan fingerprint density at radius 1 is 1.07 bits per heavy atom. The summed E-state index contributed by atoms with van der Waals surface area (Å²) >= 11 is 0. The van der Waals surface area contributed by atoms with Gasteiger partial charge in [0.25, 0.3) is 15.9 Å². The second-order valence-electron chi connectivity index (χ2n) is 5.85. The highest BCUT2D eigenvalue weighted by molar-refractivity contribution is 7.92. The molecule has 8 heteroatoms. The number of rotatable bonds is 8. The first kappa shape index (κ1) is 20.4. The van der Waals surface area contributed by atoms with Crippen molar-refractivity contribution >= 4 is 27.3 Å². The zero-order valence-electron chi connectivity index (χ0n) is 15.5. The van der Waals surface area contributed by atoms with Crippen LogP contribution in [0.4, 0.5) is 5.69 Å². The van der Waals surface area contributed by atoms with Gasteiger partial charge in [0.05, 0.1) is 17.2 Å². The van der Waals surface area contributed by atoms with Gasteiger partial charge in [-0.3, -0.25) is 9.10 Å². The highest BCUT2D eigenvalue weighted by Gasteiger charge is 2.27. The molecule has 2 aromatic rings. The lowest BCUT2D eigenvalue weighted by atomic mass is 10.3. The largest absolute Gasteiger partial charge is 0.494 e. The lowest BCUT2D eigenvalue weighted by Gasteiger charge is -2.23. The van der Waals surface area contributed by atoms with E-state index in [4.69, 9.17) is 4.74 Å². The van der Waals surface area contributed by atoms with Gasteiger partial charge in [0.2, 0.25) is 0 Å². The number of carbonyl (C=O) groups excluding carboxylic acids is 1. The molecule has 0 saturated heterocycles. The highest BCUT2D eigenvalue weighted by Crippen LogP contribution is 2.24. The third-order valence-electron chi connectivity index (χ3n) is 3.46. The summed E-state index contributed by atoms with van der Waals surface area (Å²) in [6.45, 7) is 5.40. The van der Waals surface area contributed by atoms with E-state index in [9.17, 15) is 13.2 Å². The number of ether oxygens (including phenoxy) is 1. The summed E-state index contributed by atoms with van der Waals surface area (Å²) in [5.74, 6) is 0.0442. The average Bonchev–Trinajstić information content (AvgIpc) is 2.65. The number of amides is 1. The molecule has 0 aliphatic carbocycles. The standard InChI is InChI=1S/C19H23N3O4S/c1-4-26-17-10-12-18(13-11-17)27(24,25)22(16-8-6-5-7-9-16)14-19(23)21-20-15(2)3/h5-13H,4,14H2,1-3H3,(H,21,23). The molecule has 0 heterocycles. The van der Waals surface area contributed by atoms with E-state index in [1.165, 1.54) is 12.1 Å². The first-order valence-corrected chi connectivity index (χ1v) is 9.89. The van der Waals surface area contributed by atoms with Crippen molar-refractivity contribution in [2.24, 2.45) is 5.10 Å². The molecule has 0 aliphatic heterocycles. The quantitative estimate of drug-likeness (QED) is 0.555. The molecule has 0 aliphatic rings. The summed E-state index contributed by atoms with van der Waals surface area (Å²) in [5.41, 5.74) is 3.40. The van der Waals surface area contributed by atoms with Gasteiger partial charge in [0.15, 0.2) is 0 Å². The molecule has 0 radical (unpaired) electrons. The summed E-state index contributed by atoms with van der Waals surface area (Å²) in [6, 6.07) is 14.6. The minimum Gasteiger partial charge on any atom is -0.494 e. The van der Waals surface area contributed by atoms with E-state index in [0.717, 1.165) is 4.31 Å². The fraction of sp³-hybridized carbons (Fsp3) is 0.263. The van der Waals surface area contributed by atoms with Gasteiger partial charge in [-0.05, 0) is 57.2 Å². The van der Waals surface area contributed by atoms with Crippen LogP contribution in [0.3, 0.4) is 0 Å². The van der Waals surface area contributed by atoms with Gasteiger partial charge in [-0.1, -0.05) is 18.2 Å². The number of carbonyl (C=O) groups is 1. The monoisotopic (exact) mass is 389 g/mol. The van der Waals surface area contributed by atoms with Crippen molar-refractivity contribution in [1.82, 2.24) is 5.43 Å². The average molecular weight is 389 g/mol. The minimum atomic E-state index is -3.95. The Hall–Kier alpha value is -2.87. The van der Waals surface area contributed by atoms with Crippen LogP contribution in [0.2, 0.25) is 0 Å². The maximum absolute atomic E-state index is 13.1. The van der Waals surface area contributed by atoms with Gasteiger partial charge >= 0.3 is 0 Å². The normalized spacial score (nSPS) is 10.8. The molecular weight excluding hydrogens is 366 g/mol. The number of anilines is 1. The van der Waals surface area contributed by atoms with Crippen molar-refractivity contribution in [3.63, 3.8) is 0 Å². The van der Waals surface area contributed by atoms with Crippen LogP contribution in [0.1, 0.15) is 20.8 Å². The number of nitrogens with zero attached hydrogens (tertiary/aromatic N) is 2. The van der Waals surface area contributed by atoms with Crippen LogP contribution in [0.15, 0.2) is 64.6 Å². The Kier molecular flexibility index (Phi) is 6.95. The van der Waals surface area contributed by atoms with Crippen LogP contribution >= 0.6 is 0 Å². The molecule has 0 aromatic heterocycles. The van der Waals surface area contributed by atoms with Gasteiger partial charge in [0.1, 0.15) is 12.3 Å². The van der Waals surface area contributed by atoms with Crippen molar-refractivity contribution in [2.45, 2.75) is 25.7 Å². The minimum absolute atomic E-state index is 0.0674. The zero-order chi connectivity index (χ0) is 19.9. The molecule has 144 valence electrons. The third kappa shape index (κ3) is 5.55. The fourth-order valence-electron chi connectivity index (χ4n) is 2.25. The fourth-order valence-corrected chi connectivity index (χ4v) is 3.67. The number of hydrogen-bond donors (Lipinski definition) is 1. The summed E-state index contributed by atoms with van der Waals surface area (Å²) in [5, 5.41) is 3.84. The van der Waals surface area contributed by atoms with E-state index in [1.54, 1.807) is 56.3 Å². The maximum atomic E-state index is 13.1. The van der Waals surface area contributed by atoms with Crippen molar-refractivity contribution < 1.29 is 17.9 Å². The van der Waals surface area contributed by atoms with Crippen molar-refractivity contribution in [3.05, 3.63) is 54.6 Å². The van der Waals surface area contributed by atoms with E-state index in [-0.39, 0.29) is 4.90 Å². The molecule has 0 fully saturated rings. The van der Waals surface area contributed by atoms with Crippen LogP contribution in [-0.2, 0) is 14.8 Å². The second kappa shape index (κ2) is 9.18. The van der Waals surface area contributed by atoms with Gasteiger partial charge in [-0.15, -0.1) is 0 Å². The molecule has 0 spiro atoms. The Labute approximate surface area is 159 Å². The molecule has 0 atom stereocenters. The van der Waals surface area contributed by atoms with E-state index in [1.807, 2.05) is 6.92 Å². The van der Waals surface area contributed by atoms with Gasteiger partial charge in [-0.2, -0.15) is 5.10 Å². The number of hydrogen-bond acceptors (Lipinski definition) is 5. The second-order valence-corrected chi connectivity index (χ2v) is 7.71. The molecule has 7 nitrogen and oxygen atoms in total. The van der Waals surface area contributed by atoms with Gasteiger partial charge < -0.3 is 4.74 Å². The highest BCUT2D eigenvalue weighted by atomic mass is 32.2. The topological polar surface area (TPSA) is 88.1 Å². The molecular formula is C19H23N3O4S. The van der Waals surface area contributed by atoms with E-state index < -0.39 is 22.5 Å². The molecule has 2 rings (SSSR count). The molecule has 1 amide bonds. The number of hydrazone groups is 1. The van der Waals surface area contributed by atoms with Gasteiger partial charge in [0, 0.05) is 5.71 Å². The number of nitrogens with one attached hydrogen (secondary N) is 1. The lowest BCUT2D eigenvalue weighted by molar-refractivity contribution is -0.119. The third-order valence-corrected chi connectivity index (χ3v) is 5.25. The molecule has 0 unspecified atom stereocenters. The van der Waals surface area contributed by atoms with Gasteiger partial charge in [-0.25, -0.2) is 13.8 Å². The van der Waals surface area contributed by atoms with Crippen molar-refractivity contribution in [2.75, 3.05) is 17.5 Å². The van der Waals surface area contributed by atoms with Crippen LogP contribution < -0.4 is 14.5 Å². The van der Waals surface area contributed by atoms with Crippen LogP contribution in [0.5, 0.6) is 5.75 Å². The number of para-hydroxylation sites is 1. The molecule has 0 saturated carbocycles. The van der Waals surface area contributed by atoms with Crippen molar-refractivity contribution in [3.8, 4) is 5.75 Å². The smallest absolute Gasteiger partial charge is 0.264 e. The van der Waals surface area contributed by atoms with Crippen LogP contribution in [-0.4, -0.2) is 33.2 Å². The SMILES string of the molecule is CCOc1ccc(S(=O)(=O)N(CC(=O)NN=C(C)C)c2ccccc2)cc1. The number of sulfonamides is 1. The maximum Gasteiger partial charge on any atom is 0.264 e. The van der Waals surface area contributed by atoms with E-state index in [0.29, 0.717) is 23.8 Å².